The highest BCUT2D eigenvalue weighted by Crippen LogP contribution is 2.38. The predicted molar refractivity (Wildman–Crippen MR) is 108 cm³/mol. The highest BCUT2D eigenvalue weighted by Gasteiger charge is 2.31. The van der Waals surface area contributed by atoms with Gasteiger partial charge in [0.1, 0.15) is 0 Å². The molecule has 1 saturated heterocycles. The number of carbonyl (C=O) groups excluding carboxylic acids is 1. The molecule has 144 valence electrons. The van der Waals surface area contributed by atoms with Crippen LogP contribution in [0, 0.1) is 0 Å². The Kier molecular flexibility index (Phi) is 4.43. The summed E-state index contributed by atoms with van der Waals surface area (Å²) < 4.78 is 11.6. The summed E-state index contributed by atoms with van der Waals surface area (Å²) in [6.07, 6.45) is 5.28. The van der Waals surface area contributed by atoms with Gasteiger partial charge in [-0.3, -0.25) is 4.79 Å². The Morgan fingerprint density at radius 3 is 2.86 bits per heavy atom. The van der Waals surface area contributed by atoms with Crippen LogP contribution in [-0.4, -0.2) is 35.5 Å². The largest absolute Gasteiger partial charge is 0.490 e. The molecular formula is C23H24N2O3. The Morgan fingerprint density at radius 2 is 1.93 bits per heavy atom. The molecule has 3 aromatic rings. The first-order valence-electron chi connectivity index (χ1n) is 10.0. The number of nitrogens with zero attached hydrogens (tertiary/aromatic N) is 1. The summed E-state index contributed by atoms with van der Waals surface area (Å²) >= 11 is 0. The maximum absolute atomic E-state index is 13.1. The Hall–Kier alpha value is -2.95. The fourth-order valence-electron chi connectivity index (χ4n) is 4.34. The molecular weight excluding hydrogens is 352 g/mol. The smallest absolute Gasteiger partial charge is 0.227 e. The molecule has 0 bridgehead atoms. The minimum Gasteiger partial charge on any atom is -0.490 e. The third kappa shape index (κ3) is 3.11. The molecule has 0 aliphatic carbocycles. The Morgan fingerprint density at radius 1 is 1.07 bits per heavy atom. The molecule has 5 rings (SSSR count). The van der Waals surface area contributed by atoms with E-state index in [-0.39, 0.29) is 11.9 Å². The average molecular weight is 376 g/mol. The number of para-hydroxylation sites is 1. The fraction of sp³-hybridized carbons (Fsp3) is 0.348. The number of hydrogen-bond acceptors (Lipinski definition) is 3. The van der Waals surface area contributed by atoms with Crippen LogP contribution in [0.2, 0.25) is 0 Å². The fourth-order valence-corrected chi connectivity index (χ4v) is 4.34. The number of nitrogens with one attached hydrogen (secondary N) is 1. The van der Waals surface area contributed by atoms with Crippen molar-refractivity contribution in [3.05, 3.63) is 59.8 Å². The number of likely N-dealkylation sites (tertiary alicyclic amines) is 1. The van der Waals surface area contributed by atoms with Gasteiger partial charge >= 0.3 is 0 Å². The first kappa shape index (κ1) is 17.2. The number of fused-ring (bicyclic) bond motifs is 2. The molecule has 5 nitrogen and oxygen atoms in total. The summed E-state index contributed by atoms with van der Waals surface area (Å²) in [4.78, 5) is 18.4. The minimum absolute atomic E-state index is 0.106. The zero-order chi connectivity index (χ0) is 18.9. The van der Waals surface area contributed by atoms with Gasteiger partial charge in [-0.15, -0.1) is 0 Å². The average Bonchev–Trinajstić information content (AvgIpc) is 3.30. The Balaban J connectivity index is 1.38. The lowest BCUT2D eigenvalue weighted by Crippen LogP contribution is -2.31. The van der Waals surface area contributed by atoms with Crippen molar-refractivity contribution in [1.82, 2.24) is 9.88 Å². The van der Waals surface area contributed by atoms with Crippen LogP contribution in [0.5, 0.6) is 11.5 Å². The molecule has 1 atom stereocenters. The molecule has 1 aromatic heterocycles. The van der Waals surface area contributed by atoms with Crippen molar-refractivity contribution in [2.24, 2.45) is 0 Å². The molecule has 0 unspecified atom stereocenters. The zero-order valence-electron chi connectivity index (χ0n) is 15.8. The van der Waals surface area contributed by atoms with E-state index < -0.39 is 0 Å². The van der Waals surface area contributed by atoms with E-state index in [9.17, 15) is 4.79 Å². The van der Waals surface area contributed by atoms with Crippen LogP contribution in [0.3, 0.4) is 0 Å². The Bertz CT molecular complexity index is 1010. The zero-order valence-corrected chi connectivity index (χ0v) is 15.8. The van der Waals surface area contributed by atoms with Gasteiger partial charge in [0.25, 0.3) is 0 Å². The summed E-state index contributed by atoms with van der Waals surface area (Å²) in [5.74, 6) is 1.78. The van der Waals surface area contributed by atoms with Gasteiger partial charge in [0, 0.05) is 30.1 Å². The van der Waals surface area contributed by atoms with Crippen LogP contribution in [0.25, 0.3) is 10.9 Å². The monoisotopic (exact) mass is 376 g/mol. The lowest BCUT2D eigenvalue weighted by molar-refractivity contribution is -0.131. The molecule has 3 heterocycles. The standard InChI is InChI=1S/C23H24N2O3/c26-23(14-17-15-24-19-6-2-1-5-18(17)19)25-10-3-7-20(25)16-8-9-21-22(13-16)28-12-4-11-27-21/h1-2,5-6,8-9,13,15,20,24H,3-4,7,10-12,14H2/t20-/m0/s1. The molecule has 2 aromatic carbocycles. The number of amides is 1. The van der Waals surface area contributed by atoms with E-state index in [1.54, 1.807) is 0 Å². The van der Waals surface area contributed by atoms with Crippen LogP contribution in [0.4, 0.5) is 0 Å². The molecule has 5 heteroatoms. The maximum atomic E-state index is 13.1. The first-order chi connectivity index (χ1) is 13.8. The van der Waals surface area contributed by atoms with E-state index in [0.717, 1.165) is 59.3 Å². The maximum Gasteiger partial charge on any atom is 0.227 e. The van der Waals surface area contributed by atoms with E-state index >= 15 is 0 Å². The SMILES string of the molecule is O=C(Cc1c[nH]c2ccccc12)N1CCC[C@H]1c1ccc2c(c1)OCCCO2. The van der Waals surface area contributed by atoms with Crippen LogP contribution in [0.1, 0.15) is 36.4 Å². The second-order valence-electron chi connectivity index (χ2n) is 7.54. The third-order valence-corrected chi connectivity index (χ3v) is 5.75. The number of hydrogen-bond donors (Lipinski definition) is 1. The number of ether oxygens (including phenoxy) is 2. The summed E-state index contributed by atoms with van der Waals surface area (Å²) in [5.41, 5.74) is 3.27. The van der Waals surface area contributed by atoms with Crippen molar-refractivity contribution in [1.29, 1.82) is 0 Å². The predicted octanol–water partition coefficient (Wildman–Crippen LogP) is 4.24. The summed E-state index contributed by atoms with van der Waals surface area (Å²) in [7, 11) is 0. The molecule has 28 heavy (non-hydrogen) atoms. The molecule has 2 aliphatic heterocycles. The highest BCUT2D eigenvalue weighted by molar-refractivity contribution is 5.89. The van der Waals surface area contributed by atoms with Gasteiger partial charge in [-0.1, -0.05) is 24.3 Å². The number of benzene rings is 2. The van der Waals surface area contributed by atoms with Crippen molar-refractivity contribution < 1.29 is 14.3 Å². The van der Waals surface area contributed by atoms with E-state index in [4.69, 9.17) is 9.47 Å². The number of carbonyl (C=O) groups is 1. The first-order valence-corrected chi connectivity index (χ1v) is 10.0. The van der Waals surface area contributed by atoms with Gasteiger partial charge in [-0.05, 0) is 42.2 Å². The molecule has 0 saturated carbocycles. The number of aromatic amines is 1. The van der Waals surface area contributed by atoms with Gasteiger partial charge in [0.05, 0.1) is 25.7 Å². The second-order valence-corrected chi connectivity index (χ2v) is 7.54. The van der Waals surface area contributed by atoms with Crippen LogP contribution in [0.15, 0.2) is 48.7 Å². The lowest BCUT2D eigenvalue weighted by atomic mass is 10.0. The summed E-state index contributed by atoms with van der Waals surface area (Å²) in [6, 6.07) is 14.4. The van der Waals surface area contributed by atoms with Crippen molar-refractivity contribution >= 4 is 16.8 Å². The van der Waals surface area contributed by atoms with Crippen molar-refractivity contribution in [3.8, 4) is 11.5 Å². The normalized spacial score (nSPS) is 19.0. The highest BCUT2D eigenvalue weighted by atomic mass is 16.5. The van der Waals surface area contributed by atoms with E-state index in [2.05, 4.69) is 23.2 Å². The molecule has 2 aliphatic rings. The Labute approximate surface area is 164 Å². The van der Waals surface area contributed by atoms with E-state index in [1.165, 1.54) is 0 Å². The summed E-state index contributed by atoms with van der Waals surface area (Å²) in [6.45, 7) is 2.16. The number of H-pyrrole nitrogens is 1. The third-order valence-electron chi connectivity index (χ3n) is 5.75. The number of rotatable bonds is 3. The summed E-state index contributed by atoms with van der Waals surface area (Å²) in [5, 5.41) is 1.13. The van der Waals surface area contributed by atoms with E-state index in [0.29, 0.717) is 19.6 Å². The van der Waals surface area contributed by atoms with Gasteiger partial charge < -0.3 is 19.4 Å². The van der Waals surface area contributed by atoms with Crippen LogP contribution >= 0.6 is 0 Å². The van der Waals surface area contributed by atoms with Gasteiger partial charge in [0.15, 0.2) is 11.5 Å². The quantitative estimate of drug-likeness (QED) is 0.744. The van der Waals surface area contributed by atoms with Gasteiger partial charge in [-0.25, -0.2) is 0 Å². The van der Waals surface area contributed by atoms with Crippen LogP contribution in [-0.2, 0) is 11.2 Å². The second kappa shape index (κ2) is 7.23. The molecule has 1 amide bonds. The van der Waals surface area contributed by atoms with Gasteiger partial charge in [0.2, 0.25) is 5.91 Å². The minimum atomic E-state index is 0.106. The lowest BCUT2D eigenvalue weighted by Gasteiger charge is -2.26. The van der Waals surface area contributed by atoms with Gasteiger partial charge in [-0.2, -0.15) is 0 Å². The molecule has 0 radical (unpaired) electrons. The molecule has 0 spiro atoms. The number of aromatic nitrogens is 1. The van der Waals surface area contributed by atoms with Crippen molar-refractivity contribution in [2.45, 2.75) is 31.7 Å². The van der Waals surface area contributed by atoms with Crippen molar-refractivity contribution in [2.75, 3.05) is 19.8 Å². The van der Waals surface area contributed by atoms with E-state index in [1.807, 2.05) is 35.4 Å². The van der Waals surface area contributed by atoms with Crippen molar-refractivity contribution in [3.63, 3.8) is 0 Å². The molecule has 1 fully saturated rings. The topological polar surface area (TPSA) is 54.6 Å². The molecule has 1 N–H and O–H groups in total. The van der Waals surface area contributed by atoms with Crippen LogP contribution < -0.4 is 9.47 Å².